The maximum Gasteiger partial charge on any atom is 0.322 e. The van der Waals surface area contributed by atoms with Crippen molar-refractivity contribution in [2.24, 2.45) is 0 Å². The number of methoxy groups -OCH3 is 3. The van der Waals surface area contributed by atoms with Crippen LogP contribution in [-0.2, 0) is 28.9 Å². The average Bonchev–Trinajstić information content (AvgIpc) is 3.48. The second-order valence-corrected chi connectivity index (χ2v) is 9.08. The van der Waals surface area contributed by atoms with E-state index in [4.69, 9.17) is 18.6 Å². The molecule has 0 atom stereocenters. The van der Waals surface area contributed by atoms with Crippen molar-refractivity contribution in [2.45, 2.75) is 32.7 Å². The summed E-state index contributed by atoms with van der Waals surface area (Å²) in [5.74, 6) is 1.77. The smallest absolute Gasteiger partial charge is 0.322 e. The van der Waals surface area contributed by atoms with Crippen LogP contribution >= 0.6 is 0 Å². The van der Waals surface area contributed by atoms with Gasteiger partial charge in [-0.2, -0.15) is 0 Å². The Balaban J connectivity index is 1.73. The lowest BCUT2D eigenvalue weighted by atomic mass is 10.1. The summed E-state index contributed by atoms with van der Waals surface area (Å²) in [6.45, 7) is 3.60. The predicted octanol–water partition coefficient (Wildman–Crippen LogP) is 5.00. The molecule has 0 aliphatic heterocycles. The molecule has 1 aromatic heterocycles. The van der Waals surface area contributed by atoms with E-state index in [2.05, 4.69) is 12.2 Å². The molecular formula is C30H39N3O6. The van der Waals surface area contributed by atoms with Crippen LogP contribution in [0.5, 0.6) is 11.5 Å². The summed E-state index contributed by atoms with van der Waals surface area (Å²) in [7, 11) is 4.80. The number of hydrogen-bond acceptors (Lipinski definition) is 6. The molecule has 9 nitrogen and oxygen atoms in total. The zero-order valence-electron chi connectivity index (χ0n) is 23.3. The first kappa shape index (κ1) is 29.6. The summed E-state index contributed by atoms with van der Waals surface area (Å²) in [6.07, 6.45) is 3.70. The Labute approximate surface area is 230 Å². The van der Waals surface area contributed by atoms with Gasteiger partial charge in [0, 0.05) is 32.5 Å². The quantitative estimate of drug-likeness (QED) is 0.274. The lowest BCUT2D eigenvalue weighted by Crippen LogP contribution is -2.45. The number of amides is 3. The molecule has 0 bridgehead atoms. The molecule has 0 saturated carbocycles. The van der Waals surface area contributed by atoms with Gasteiger partial charge < -0.3 is 33.7 Å². The van der Waals surface area contributed by atoms with Crippen LogP contribution in [0.3, 0.4) is 0 Å². The zero-order chi connectivity index (χ0) is 28.0. The molecule has 1 heterocycles. The molecule has 0 unspecified atom stereocenters. The molecule has 0 fully saturated rings. The van der Waals surface area contributed by atoms with E-state index in [9.17, 15) is 9.59 Å². The lowest BCUT2D eigenvalue weighted by Gasteiger charge is -2.27. The van der Waals surface area contributed by atoms with Gasteiger partial charge >= 0.3 is 6.03 Å². The third kappa shape index (κ3) is 9.07. The van der Waals surface area contributed by atoms with Crippen molar-refractivity contribution in [2.75, 3.05) is 52.9 Å². The van der Waals surface area contributed by atoms with Crippen LogP contribution in [0, 0.1) is 0 Å². The molecule has 9 heteroatoms. The van der Waals surface area contributed by atoms with Crippen molar-refractivity contribution < 1.29 is 28.2 Å². The van der Waals surface area contributed by atoms with E-state index in [1.165, 1.54) is 10.5 Å². The van der Waals surface area contributed by atoms with Gasteiger partial charge in [0.1, 0.15) is 12.3 Å². The Morgan fingerprint density at radius 3 is 2.28 bits per heavy atom. The largest absolute Gasteiger partial charge is 0.493 e. The number of aryl methyl sites for hydroxylation is 1. The van der Waals surface area contributed by atoms with E-state index in [0.717, 1.165) is 12.0 Å². The summed E-state index contributed by atoms with van der Waals surface area (Å²) in [5, 5.41) is 2.92. The predicted molar refractivity (Wildman–Crippen MR) is 150 cm³/mol. The molecular weight excluding hydrogens is 498 g/mol. The fourth-order valence-corrected chi connectivity index (χ4v) is 4.12. The maximum atomic E-state index is 13.6. The first-order chi connectivity index (χ1) is 19.0. The number of carbonyl (C=O) groups excluding carboxylic acids is 2. The molecule has 39 heavy (non-hydrogen) atoms. The van der Waals surface area contributed by atoms with Gasteiger partial charge in [0.05, 0.1) is 27.0 Å². The second kappa shape index (κ2) is 15.4. The molecule has 3 rings (SSSR count). The van der Waals surface area contributed by atoms with Gasteiger partial charge in [-0.05, 0) is 66.8 Å². The third-order valence-corrected chi connectivity index (χ3v) is 6.40. The van der Waals surface area contributed by atoms with Crippen LogP contribution in [-0.4, -0.2) is 69.3 Å². The summed E-state index contributed by atoms with van der Waals surface area (Å²) < 4.78 is 21.5. The standard InChI is InChI=1S/C30H39N3O6/c1-5-23-9-12-25(13-10-23)31-30(35)33(16-7-18-36-2)22-29(34)32(21-26-8-6-19-39-26)17-15-24-11-14-27(37-3)28(20-24)38-4/h6,8-14,19-20H,5,7,15-18,21-22H2,1-4H3,(H,31,35). The average molecular weight is 538 g/mol. The van der Waals surface area contributed by atoms with Crippen LogP contribution in [0.1, 0.15) is 30.2 Å². The number of carbonyl (C=O) groups is 2. The number of ether oxygens (including phenoxy) is 3. The number of rotatable bonds is 15. The number of anilines is 1. The minimum atomic E-state index is -0.332. The van der Waals surface area contributed by atoms with Gasteiger partial charge in [0.2, 0.25) is 5.91 Å². The maximum absolute atomic E-state index is 13.6. The molecule has 1 N–H and O–H groups in total. The number of furan rings is 1. The number of urea groups is 1. The lowest BCUT2D eigenvalue weighted by molar-refractivity contribution is -0.132. The van der Waals surface area contributed by atoms with Gasteiger partial charge in [-0.25, -0.2) is 4.79 Å². The zero-order valence-corrected chi connectivity index (χ0v) is 23.3. The van der Waals surface area contributed by atoms with Gasteiger partial charge in [0.25, 0.3) is 0 Å². The van der Waals surface area contributed by atoms with Crippen LogP contribution in [0.4, 0.5) is 10.5 Å². The molecule has 210 valence electrons. The number of nitrogens with one attached hydrogen (secondary N) is 1. The first-order valence-electron chi connectivity index (χ1n) is 13.1. The van der Waals surface area contributed by atoms with Crippen molar-refractivity contribution >= 4 is 17.6 Å². The summed E-state index contributed by atoms with van der Waals surface area (Å²) in [6, 6.07) is 16.7. The Hall–Kier alpha value is -3.98. The molecule has 3 aromatic rings. The molecule has 0 spiro atoms. The molecule has 0 aliphatic carbocycles. The van der Waals surface area contributed by atoms with E-state index in [-0.39, 0.29) is 18.5 Å². The summed E-state index contributed by atoms with van der Waals surface area (Å²) in [5.41, 5.74) is 2.86. The number of hydrogen-bond donors (Lipinski definition) is 1. The van der Waals surface area contributed by atoms with Gasteiger partial charge in [-0.1, -0.05) is 25.1 Å². The van der Waals surface area contributed by atoms with Crippen LogP contribution in [0.25, 0.3) is 0 Å². The van der Waals surface area contributed by atoms with Gasteiger partial charge in [-0.3, -0.25) is 4.79 Å². The SMILES string of the molecule is CCc1ccc(NC(=O)N(CCCOC)CC(=O)N(CCc2ccc(OC)c(OC)c2)Cc2ccco2)cc1. The highest BCUT2D eigenvalue weighted by Gasteiger charge is 2.22. The number of benzene rings is 2. The Morgan fingerprint density at radius 2 is 1.64 bits per heavy atom. The molecule has 2 aromatic carbocycles. The van der Waals surface area contributed by atoms with Crippen molar-refractivity contribution in [3.63, 3.8) is 0 Å². The van der Waals surface area contributed by atoms with Crippen LogP contribution < -0.4 is 14.8 Å². The molecule has 0 saturated heterocycles. The second-order valence-electron chi connectivity index (χ2n) is 9.08. The van der Waals surface area contributed by atoms with E-state index in [1.807, 2.05) is 48.5 Å². The number of nitrogens with zero attached hydrogens (tertiary/aromatic N) is 2. The topological polar surface area (TPSA) is 93.5 Å². The van der Waals surface area contributed by atoms with Gasteiger partial charge in [0.15, 0.2) is 11.5 Å². The first-order valence-corrected chi connectivity index (χ1v) is 13.1. The van der Waals surface area contributed by atoms with Crippen molar-refractivity contribution in [1.82, 2.24) is 9.80 Å². The molecule has 3 amide bonds. The van der Waals surface area contributed by atoms with Crippen molar-refractivity contribution in [3.8, 4) is 11.5 Å². The van der Waals surface area contributed by atoms with Crippen LogP contribution in [0.2, 0.25) is 0 Å². The molecule has 0 aliphatic rings. The normalized spacial score (nSPS) is 10.7. The van der Waals surface area contributed by atoms with E-state index < -0.39 is 0 Å². The summed E-state index contributed by atoms with van der Waals surface area (Å²) in [4.78, 5) is 30.0. The highest BCUT2D eigenvalue weighted by Crippen LogP contribution is 2.27. The van der Waals surface area contributed by atoms with E-state index >= 15 is 0 Å². The molecule has 0 radical (unpaired) electrons. The minimum absolute atomic E-state index is 0.0742. The third-order valence-electron chi connectivity index (χ3n) is 6.40. The Bertz CT molecular complexity index is 1160. The van der Waals surface area contributed by atoms with Crippen molar-refractivity contribution in [3.05, 3.63) is 77.7 Å². The van der Waals surface area contributed by atoms with Gasteiger partial charge in [-0.15, -0.1) is 0 Å². The van der Waals surface area contributed by atoms with E-state index in [1.54, 1.807) is 38.6 Å². The fourth-order valence-electron chi connectivity index (χ4n) is 4.12. The fraction of sp³-hybridized carbons (Fsp3) is 0.400. The minimum Gasteiger partial charge on any atom is -0.493 e. The van der Waals surface area contributed by atoms with E-state index in [0.29, 0.717) is 62.0 Å². The highest BCUT2D eigenvalue weighted by molar-refractivity contribution is 5.92. The Morgan fingerprint density at radius 1 is 0.897 bits per heavy atom. The Kier molecular flexibility index (Phi) is 11.7. The summed E-state index contributed by atoms with van der Waals surface area (Å²) >= 11 is 0. The van der Waals surface area contributed by atoms with Crippen molar-refractivity contribution in [1.29, 1.82) is 0 Å². The van der Waals surface area contributed by atoms with Crippen LogP contribution in [0.15, 0.2) is 65.3 Å². The highest BCUT2D eigenvalue weighted by atomic mass is 16.5. The monoisotopic (exact) mass is 537 g/mol.